The SMILES string of the molecule is Cc1cccc(NC(C)c2cc(Br)cs2)c1C. The van der Waals surface area contributed by atoms with Crippen LogP contribution in [0, 0.1) is 13.8 Å². The lowest BCUT2D eigenvalue weighted by Gasteiger charge is -2.16. The van der Waals surface area contributed by atoms with Crippen LogP contribution in [0.2, 0.25) is 0 Å². The van der Waals surface area contributed by atoms with E-state index in [-0.39, 0.29) is 0 Å². The van der Waals surface area contributed by atoms with Crippen molar-refractivity contribution in [1.29, 1.82) is 0 Å². The molecule has 1 unspecified atom stereocenters. The predicted molar refractivity (Wildman–Crippen MR) is 80.0 cm³/mol. The lowest BCUT2D eigenvalue weighted by Crippen LogP contribution is -2.06. The standard InChI is InChI=1S/C14H16BrNS/c1-9-5-4-6-13(10(9)2)16-11(3)14-7-12(15)8-17-14/h4-8,11,16H,1-3H3. The Kier molecular flexibility index (Phi) is 3.89. The molecule has 0 saturated carbocycles. The van der Waals surface area contributed by atoms with Crippen LogP contribution in [-0.4, -0.2) is 0 Å². The summed E-state index contributed by atoms with van der Waals surface area (Å²) in [7, 11) is 0. The van der Waals surface area contributed by atoms with Gasteiger partial charge in [0.15, 0.2) is 0 Å². The summed E-state index contributed by atoms with van der Waals surface area (Å²) in [5.41, 5.74) is 3.88. The van der Waals surface area contributed by atoms with Crippen LogP contribution in [0.5, 0.6) is 0 Å². The molecule has 0 amide bonds. The molecule has 17 heavy (non-hydrogen) atoms. The predicted octanol–water partition coefficient (Wildman–Crippen LogP) is 5.30. The van der Waals surface area contributed by atoms with Crippen molar-refractivity contribution in [2.75, 3.05) is 5.32 Å². The van der Waals surface area contributed by atoms with Crippen molar-refractivity contribution in [3.05, 3.63) is 50.1 Å². The van der Waals surface area contributed by atoms with Gasteiger partial charge in [-0.2, -0.15) is 0 Å². The average molecular weight is 310 g/mol. The summed E-state index contributed by atoms with van der Waals surface area (Å²) in [6.07, 6.45) is 0. The molecule has 0 saturated heterocycles. The summed E-state index contributed by atoms with van der Waals surface area (Å²) in [6.45, 7) is 6.50. The third kappa shape index (κ3) is 2.90. The third-order valence-corrected chi connectivity index (χ3v) is 4.87. The van der Waals surface area contributed by atoms with Crippen molar-refractivity contribution in [2.45, 2.75) is 26.8 Å². The molecule has 0 aliphatic heterocycles. The molecule has 1 aromatic heterocycles. The van der Waals surface area contributed by atoms with Gasteiger partial charge in [0.1, 0.15) is 0 Å². The summed E-state index contributed by atoms with van der Waals surface area (Å²) >= 11 is 5.27. The minimum Gasteiger partial charge on any atom is -0.377 e. The largest absolute Gasteiger partial charge is 0.377 e. The molecule has 1 atom stereocenters. The van der Waals surface area contributed by atoms with Crippen LogP contribution in [0.15, 0.2) is 34.1 Å². The van der Waals surface area contributed by atoms with E-state index in [0.717, 1.165) is 4.47 Å². The Bertz CT molecular complexity index is 519. The second kappa shape index (κ2) is 5.23. The van der Waals surface area contributed by atoms with Gasteiger partial charge in [0.05, 0.1) is 6.04 Å². The third-order valence-electron chi connectivity index (χ3n) is 2.99. The van der Waals surface area contributed by atoms with Gasteiger partial charge in [-0.25, -0.2) is 0 Å². The number of aryl methyl sites for hydroxylation is 1. The number of benzene rings is 1. The number of thiophene rings is 1. The molecule has 1 aromatic carbocycles. The van der Waals surface area contributed by atoms with Crippen LogP contribution in [-0.2, 0) is 0 Å². The number of hydrogen-bond acceptors (Lipinski definition) is 2. The van der Waals surface area contributed by atoms with Crippen LogP contribution in [0.1, 0.15) is 29.0 Å². The number of anilines is 1. The quantitative estimate of drug-likeness (QED) is 0.811. The van der Waals surface area contributed by atoms with E-state index < -0.39 is 0 Å². The highest BCUT2D eigenvalue weighted by Gasteiger charge is 2.09. The normalized spacial score (nSPS) is 12.5. The van der Waals surface area contributed by atoms with Crippen molar-refractivity contribution in [3.63, 3.8) is 0 Å². The molecular weight excluding hydrogens is 294 g/mol. The van der Waals surface area contributed by atoms with Crippen molar-refractivity contribution in [2.24, 2.45) is 0 Å². The Morgan fingerprint density at radius 2 is 2.06 bits per heavy atom. The van der Waals surface area contributed by atoms with Gasteiger partial charge in [-0.15, -0.1) is 11.3 Å². The van der Waals surface area contributed by atoms with E-state index in [4.69, 9.17) is 0 Å². The zero-order valence-corrected chi connectivity index (χ0v) is 12.7. The first kappa shape index (κ1) is 12.7. The molecule has 1 heterocycles. The van der Waals surface area contributed by atoms with Gasteiger partial charge in [-0.3, -0.25) is 0 Å². The molecular formula is C14H16BrNS. The summed E-state index contributed by atoms with van der Waals surface area (Å²) in [6, 6.07) is 8.90. The maximum absolute atomic E-state index is 3.57. The Labute approximate surface area is 115 Å². The van der Waals surface area contributed by atoms with Crippen molar-refractivity contribution in [1.82, 2.24) is 0 Å². The second-order valence-corrected chi connectivity index (χ2v) is 6.14. The summed E-state index contributed by atoms with van der Waals surface area (Å²) in [5, 5.41) is 5.69. The van der Waals surface area contributed by atoms with E-state index in [1.54, 1.807) is 11.3 Å². The molecule has 1 nitrogen and oxygen atoms in total. The van der Waals surface area contributed by atoms with Gasteiger partial charge < -0.3 is 5.32 Å². The molecule has 2 rings (SSSR count). The molecule has 1 N–H and O–H groups in total. The maximum atomic E-state index is 3.57. The van der Waals surface area contributed by atoms with Gasteiger partial charge in [0, 0.05) is 20.4 Å². The fourth-order valence-corrected chi connectivity index (χ4v) is 3.22. The Balaban J connectivity index is 2.18. The first-order chi connectivity index (χ1) is 8.08. The summed E-state index contributed by atoms with van der Waals surface area (Å²) in [4.78, 5) is 1.35. The van der Waals surface area contributed by atoms with Crippen LogP contribution in [0.25, 0.3) is 0 Å². The lowest BCUT2D eigenvalue weighted by molar-refractivity contribution is 0.904. The molecule has 2 aromatic rings. The van der Waals surface area contributed by atoms with Crippen LogP contribution < -0.4 is 5.32 Å². The molecule has 0 fully saturated rings. The van der Waals surface area contributed by atoms with E-state index in [2.05, 4.69) is 71.7 Å². The first-order valence-electron chi connectivity index (χ1n) is 5.64. The number of hydrogen-bond donors (Lipinski definition) is 1. The van der Waals surface area contributed by atoms with Gasteiger partial charge in [0.2, 0.25) is 0 Å². The zero-order valence-electron chi connectivity index (χ0n) is 10.3. The number of halogens is 1. The van der Waals surface area contributed by atoms with E-state index in [1.807, 2.05) is 0 Å². The summed E-state index contributed by atoms with van der Waals surface area (Å²) in [5.74, 6) is 0. The van der Waals surface area contributed by atoms with Crippen molar-refractivity contribution in [3.8, 4) is 0 Å². The molecule has 0 spiro atoms. The van der Waals surface area contributed by atoms with E-state index >= 15 is 0 Å². The Morgan fingerprint density at radius 3 is 2.71 bits per heavy atom. The fourth-order valence-electron chi connectivity index (χ4n) is 1.77. The molecule has 90 valence electrons. The monoisotopic (exact) mass is 309 g/mol. The second-order valence-electron chi connectivity index (χ2n) is 4.28. The van der Waals surface area contributed by atoms with E-state index in [1.165, 1.54) is 21.7 Å². The van der Waals surface area contributed by atoms with Gasteiger partial charge in [-0.1, -0.05) is 12.1 Å². The van der Waals surface area contributed by atoms with Gasteiger partial charge in [-0.05, 0) is 60.0 Å². The highest BCUT2D eigenvalue weighted by atomic mass is 79.9. The fraction of sp³-hybridized carbons (Fsp3) is 0.286. The molecule has 0 aliphatic carbocycles. The molecule has 0 radical (unpaired) electrons. The van der Waals surface area contributed by atoms with Gasteiger partial charge in [0.25, 0.3) is 0 Å². The van der Waals surface area contributed by atoms with E-state index in [9.17, 15) is 0 Å². The van der Waals surface area contributed by atoms with Crippen LogP contribution in [0.4, 0.5) is 5.69 Å². The smallest absolute Gasteiger partial charge is 0.0578 e. The zero-order chi connectivity index (χ0) is 12.4. The maximum Gasteiger partial charge on any atom is 0.0578 e. The van der Waals surface area contributed by atoms with Gasteiger partial charge >= 0.3 is 0 Å². The highest BCUT2D eigenvalue weighted by molar-refractivity contribution is 9.10. The number of rotatable bonds is 3. The molecule has 0 bridgehead atoms. The highest BCUT2D eigenvalue weighted by Crippen LogP contribution is 2.29. The Hall–Kier alpha value is -0.800. The minimum absolute atomic E-state index is 0.340. The molecule has 3 heteroatoms. The summed E-state index contributed by atoms with van der Waals surface area (Å²) < 4.78 is 1.16. The molecule has 0 aliphatic rings. The minimum atomic E-state index is 0.340. The first-order valence-corrected chi connectivity index (χ1v) is 7.32. The average Bonchev–Trinajstić information content (AvgIpc) is 2.72. The van der Waals surface area contributed by atoms with Crippen molar-refractivity contribution < 1.29 is 0 Å². The number of nitrogens with one attached hydrogen (secondary N) is 1. The van der Waals surface area contributed by atoms with Crippen molar-refractivity contribution >= 4 is 33.0 Å². The Morgan fingerprint density at radius 1 is 1.29 bits per heavy atom. The van der Waals surface area contributed by atoms with Crippen LogP contribution >= 0.6 is 27.3 Å². The topological polar surface area (TPSA) is 12.0 Å². The van der Waals surface area contributed by atoms with Crippen LogP contribution in [0.3, 0.4) is 0 Å². The van der Waals surface area contributed by atoms with E-state index in [0.29, 0.717) is 6.04 Å². The lowest BCUT2D eigenvalue weighted by atomic mass is 10.1.